The fraction of sp³-hybridized carbons (Fsp3) is 0.160. The molecule has 32 heavy (non-hydrogen) atoms. The van der Waals surface area contributed by atoms with Gasteiger partial charge in [-0.2, -0.15) is 0 Å². The molecule has 0 N–H and O–H groups in total. The maximum Gasteiger partial charge on any atom is 0.356 e. The lowest BCUT2D eigenvalue weighted by molar-refractivity contribution is 0.0551. The van der Waals surface area contributed by atoms with Crippen molar-refractivity contribution in [3.05, 3.63) is 83.0 Å². The van der Waals surface area contributed by atoms with Gasteiger partial charge in [0.05, 0.1) is 19.7 Å². The van der Waals surface area contributed by atoms with E-state index in [1.165, 1.54) is 31.5 Å². The van der Waals surface area contributed by atoms with E-state index in [-0.39, 0.29) is 11.3 Å². The number of hydrogen-bond donors (Lipinski definition) is 0. The third-order valence-corrected chi connectivity index (χ3v) is 6.03. The van der Waals surface area contributed by atoms with Gasteiger partial charge in [0, 0.05) is 10.6 Å². The summed E-state index contributed by atoms with van der Waals surface area (Å²) in [4.78, 5) is 31.4. The number of fused-ring (bicyclic) bond motifs is 1. The zero-order chi connectivity index (χ0) is 22.8. The molecule has 2 aromatic carbocycles. The Labute approximate surface area is 190 Å². The lowest BCUT2D eigenvalue weighted by atomic mass is 10.2. The van der Waals surface area contributed by atoms with Crippen LogP contribution in [0, 0.1) is 13.8 Å². The van der Waals surface area contributed by atoms with E-state index in [1.807, 2.05) is 74.5 Å². The summed E-state index contributed by atoms with van der Waals surface area (Å²) in [6.45, 7) is 4.01. The number of carbonyl (C=O) groups is 2. The van der Waals surface area contributed by atoms with Gasteiger partial charge in [-0.1, -0.05) is 47.2 Å². The third kappa shape index (κ3) is 3.99. The van der Waals surface area contributed by atoms with Crippen molar-refractivity contribution in [2.24, 2.45) is 0 Å². The summed E-state index contributed by atoms with van der Waals surface area (Å²) in [5.41, 5.74) is 4.13. The average molecular weight is 447 g/mol. The number of aromatic nitrogens is 2. The van der Waals surface area contributed by atoms with Crippen LogP contribution < -0.4 is 0 Å². The van der Waals surface area contributed by atoms with Gasteiger partial charge in [-0.05, 0) is 50.2 Å². The zero-order valence-electron chi connectivity index (χ0n) is 18.2. The molecule has 2 aromatic heterocycles. The van der Waals surface area contributed by atoms with Gasteiger partial charge in [0.2, 0.25) is 0 Å². The van der Waals surface area contributed by atoms with Gasteiger partial charge in [0.1, 0.15) is 21.8 Å². The number of hydrogen-bond acceptors (Lipinski definition) is 6. The summed E-state index contributed by atoms with van der Waals surface area (Å²) in [6.07, 6.45) is 0. The molecule has 7 heteroatoms. The number of benzene rings is 2. The van der Waals surface area contributed by atoms with Crippen molar-refractivity contribution in [2.45, 2.75) is 23.8 Å². The second-order valence-electron chi connectivity index (χ2n) is 7.31. The maximum atomic E-state index is 12.8. The number of aryl methyl sites for hydroxylation is 2. The van der Waals surface area contributed by atoms with Crippen LogP contribution >= 0.6 is 11.8 Å². The molecule has 0 amide bonds. The quantitative estimate of drug-likeness (QED) is 0.384. The SMILES string of the molecule is COC(=O)c1c(C(=O)OC)n(-c2ccc(C)cc2)c2ccc(Sc3ccc(C)cc3)nc12. The average Bonchev–Trinajstić information content (AvgIpc) is 3.14. The van der Waals surface area contributed by atoms with Crippen LogP contribution in [0.2, 0.25) is 0 Å². The summed E-state index contributed by atoms with van der Waals surface area (Å²) >= 11 is 1.48. The van der Waals surface area contributed by atoms with Crippen LogP contribution in [0.15, 0.2) is 70.6 Å². The monoisotopic (exact) mass is 446 g/mol. The number of ether oxygens (including phenoxy) is 2. The van der Waals surface area contributed by atoms with E-state index in [4.69, 9.17) is 14.5 Å². The van der Waals surface area contributed by atoms with Crippen molar-refractivity contribution >= 4 is 34.7 Å². The fourth-order valence-electron chi connectivity index (χ4n) is 3.47. The highest BCUT2D eigenvalue weighted by molar-refractivity contribution is 7.99. The van der Waals surface area contributed by atoms with Crippen molar-refractivity contribution in [3.63, 3.8) is 0 Å². The number of nitrogens with zero attached hydrogens (tertiary/aromatic N) is 2. The van der Waals surface area contributed by atoms with E-state index in [0.717, 1.165) is 16.1 Å². The third-order valence-electron chi connectivity index (χ3n) is 5.09. The molecule has 4 rings (SSSR count). The molecular formula is C25H22N2O4S. The summed E-state index contributed by atoms with van der Waals surface area (Å²) in [7, 11) is 2.57. The standard InChI is InChI=1S/C25H22N2O4S/c1-15-5-9-17(10-6-15)27-19-13-14-20(32-18-11-7-16(2)8-12-18)26-22(19)21(24(28)30-3)23(27)25(29)31-4/h5-14H,1-4H3. The van der Waals surface area contributed by atoms with Gasteiger partial charge in [-0.25, -0.2) is 14.6 Å². The Kier molecular flexibility index (Phi) is 6.01. The van der Waals surface area contributed by atoms with Crippen LogP contribution in [-0.4, -0.2) is 35.7 Å². The Hall–Kier alpha value is -3.58. The van der Waals surface area contributed by atoms with Gasteiger partial charge in [-0.15, -0.1) is 0 Å². The summed E-state index contributed by atoms with van der Waals surface area (Å²) in [6, 6.07) is 19.5. The minimum absolute atomic E-state index is 0.0845. The van der Waals surface area contributed by atoms with Gasteiger partial charge in [0.25, 0.3) is 0 Å². The number of carbonyl (C=O) groups excluding carboxylic acids is 2. The first-order valence-electron chi connectivity index (χ1n) is 9.96. The van der Waals surface area contributed by atoms with Crippen LogP contribution in [0.4, 0.5) is 0 Å². The summed E-state index contributed by atoms with van der Waals surface area (Å²) in [5, 5.41) is 0.698. The Morgan fingerprint density at radius 3 is 2.00 bits per heavy atom. The Morgan fingerprint density at radius 2 is 1.41 bits per heavy atom. The molecule has 0 aliphatic heterocycles. The van der Waals surface area contributed by atoms with E-state index in [9.17, 15) is 9.59 Å². The number of esters is 2. The normalized spacial score (nSPS) is 10.9. The molecule has 0 atom stereocenters. The highest BCUT2D eigenvalue weighted by Crippen LogP contribution is 2.34. The van der Waals surface area contributed by atoms with E-state index in [1.54, 1.807) is 4.57 Å². The largest absolute Gasteiger partial charge is 0.465 e. The number of methoxy groups -OCH3 is 2. The number of pyridine rings is 1. The van der Waals surface area contributed by atoms with Gasteiger partial charge >= 0.3 is 11.9 Å². The second kappa shape index (κ2) is 8.88. The van der Waals surface area contributed by atoms with Crippen molar-refractivity contribution < 1.29 is 19.1 Å². The molecule has 6 nitrogen and oxygen atoms in total. The molecule has 0 spiro atoms. The molecule has 162 valence electrons. The maximum absolute atomic E-state index is 12.8. The van der Waals surface area contributed by atoms with Crippen LogP contribution in [0.5, 0.6) is 0 Å². The van der Waals surface area contributed by atoms with E-state index in [0.29, 0.717) is 16.1 Å². The first-order valence-corrected chi connectivity index (χ1v) is 10.8. The van der Waals surface area contributed by atoms with Crippen molar-refractivity contribution in [2.75, 3.05) is 14.2 Å². The van der Waals surface area contributed by atoms with Crippen LogP contribution in [0.3, 0.4) is 0 Å². The highest BCUT2D eigenvalue weighted by atomic mass is 32.2. The molecule has 4 aromatic rings. The number of rotatable bonds is 5. The molecule has 0 aliphatic carbocycles. The molecule has 0 unspecified atom stereocenters. The lowest BCUT2D eigenvalue weighted by Gasteiger charge is -2.10. The zero-order valence-corrected chi connectivity index (χ0v) is 19.0. The summed E-state index contributed by atoms with van der Waals surface area (Å²) in [5.74, 6) is -1.29. The molecule has 0 aliphatic rings. The predicted molar refractivity (Wildman–Crippen MR) is 124 cm³/mol. The van der Waals surface area contributed by atoms with Gasteiger partial charge in [0.15, 0.2) is 0 Å². The first kappa shape index (κ1) is 21.6. The highest BCUT2D eigenvalue weighted by Gasteiger charge is 2.30. The Bertz CT molecular complexity index is 1310. The predicted octanol–water partition coefficient (Wildman–Crippen LogP) is 5.37. The Morgan fingerprint density at radius 1 is 0.812 bits per heavy atom. The first-order chi connectivity index (χ1) is 15.4. The van der Waals surface area contributed by atoms with Gasteiger partial charge in [-0.3, -0.25) is 0 Å². The smallest absolute Gasteiger partial charge is 0.356 e. The van der Waals surface area contributed by atoms with Crippen molar-refractivity contribution in [3.8, 4) is 5.69 Å². The van der Waals surface area contributed by atoms with Crippen LogP contribution in [0.1, 0.15) is 32.0 Å². The molecule has 0 fully saturated rings. The molecule has 0 saturated carbocycles. The van der Waals surface area contributed by atoms with E-state index >= 15 is 0 Å². The molecule has 0 radical (unpaired) electrons. The minimum Gasteiger partial charge on any atom is -0.465 e. The van der Waals surface area contributed by atoms with Gasteiger partial charge < -0.3 is 14.0 Å². The van der Waals surface area contributed by atoms with E-state index < -0.39 is 11.9 Å². The van der Waals surface area contributed by atoms with Crippen molar-refractivity contribution in [1.29, 1.82) is 0 Å². The molecule has 0 bridgehead atoms. The molecular weight excluding hydrogens is 424 g/mol. The second-order valence-corrected chi connectivity index (χ2v) is 8.40. The molecule has 2 heterocycles. The van der Waals surface area contributed by atoms with Crippen LogP contribution in [-0.2, 0) is 9.47 Å². The van der Waals surface area contributed by atoms with E-state index in [2.05, 4.69) is 0 Å². The van der Waals surface area contributed by atoms with Crippen molar-refractivity contribution in [1.82, 2.24) is 9.55 Å². The fourth-order valence-corrected chi connectivity index (χ4v) is 4.26. The molecule has 0 saturated heterocycles. The minimum atomic E-state index is -0.647. The topological polar surface area (TPSA) is 70.4 Å². The van der Waals surface area contributed by atoms with Crippen LogP contribution in [0.25, 0.3) is 16.7 Å². The Balaban J connectivity index is 1.97. The summed E-state index contributed by atoms with van der Waals surface area (Å²) < 4.78 is 11.7. The lowest BCUT2D eigenvalue weighted by Crippen LogP contribution is -2.15.